The Kier molecular flexibility index (Phi) is 11.8. The number of halogens is 1. The number of piperidine rings is 1. The van der Waals surface area contributed by atoms with E-state index in [0.29, 0.717) is 34.8 Å². The number of likely N-dealkylation sites (N-methyl/N-ethyl adjacent to an activating group) is 1. The summed E-state index contributed by atoms with van der Waals surface area (Å²) in [5, 5.41) is 13.8. The van der Waals surface area contributed by atoms with E-state index >= 15 is 0 Å². The van der Waals surface area contributed by atoms with Gasteiger partial charge in [-0.25, -0.2) is 4.98 Å². The lowest BCUT2D eigenvalue weighted by atomic mass is 9.94. The van der Waals surface area contributed by atoms with E-state index < -0.39 is 0 Å². The van der Waals surface area contributed by atoms with Gasteiger partial charge in [-0.15, -0.1) is 6.58 Å². The molecule has 0 aliphatic carbocycles. The van der Waals surface area contributed by atoms with Crippen LogP contribution in [0.4, 0.5) is 23.1 Å². The highest BCUT2D eigenvalue weighted by molar-refractivity contribution is 6.32. The number of aromatic nitrogens is 3. The molecule has 2 aromatic heterocycles. The average molecular weight is 685 g/mol. The number of hydrogen-bond acceptors (Lipinski definition) is 9. The predicted molar refractivity (Wildman–Crippen MR) is 199 cm³/mol. The summed E-state index contributed by atoms with van der Waals surface area (Å²) in [7, 11) is 5.14. The molecule has 12 heteroatoms. The summed E-state index contributed by atoms with van der Waals surface area (Å²) in [6.07, 6.45) is 6.77. The minimum absolute atomic E-state index is 0.0431. The summed E-state index contributed by atoms with van der Waals surface area (Å²) in [6, 6.07) is 15.9. The minimum Gasteiger partial charge on any atom is -0.482 e. The number of ether oxygens (including phenoxy) is 1. The Balaban J connectivity index is 1.17. The van der Waals surface area contributed by atoms with E-state index in [9.17, 15) is 9.59 Å². The number of aryl methyl sites for hydroxylation is 1. The highest BCUT2D eigenvalue weighted by Gasteiger charge is 2.22. The van der Waals surface area contributed by atoms with Gasteiger partial charge in [0.2, 0.25) is 11.9 Å². The van der Waals surface area contributed by atoms with Crippen LogP contribution >= 0.6 is 11.6 Å². The molecule has 1 unspecified atom stereocenters. The zero-order valence-electron chi connectivity index (χ0n) is 28.4. The van der Waals surface area contributed by atoms with Crippen molar-refractivity contribution < 1.29 is 9.53 Å². The second-order valence-corrected chi connectivity index (χ2v) is 12.7. The number of fused-ring (bicyclic) bond motifs is 1. The van der Waals surface area contributed by atoms with Crippen molar-refractivity contribution in [2.45, 2.75) is 31.6 Å². The van der Waals surface area contributed by atoms with Gasteiger partial charge in [-0.05, 0) is 67.1 Å². The summed E-state index contributed by atoms with van der Waals surface area (Å²) >= 11 is 6.54. The molecule has 1 aliphatic rings. The van der Waals surface area contributed by atoms with Gasteiger partial charge in [-0.2, -0.15) is 4.98 Å². The fourth-order valence-corrected chi connectivity index (χ4v) is 6.02. The number of hydrogen-bond donors (Lipinski definition) is 4. The molecule has 3 heterocycles. The average Bonchev–Trinajstić information content (AvgIpc) is 3.13. The number of carbonyl (C=O) groups is 1. The van der Waals surface area contributed by atoms with E-state index in [1.54, 1.807) is 38.0 Å². The van der Waals surface area contributed by atoms with Crippen molar-refractivity contribution >= 4 is 51.6 Å². The second kappa shape index (κ2) is 16.4. The van der Waals surface area contributed by atoms with Crippen molar-refractivity contribution in [2.24, 2.45) is 13.0 Å². The highest BCUT2D eigenvalue weighted by Crippen LogP contribution is 2.30. The van der Waals surface area contributed by atoms with Gasteiger partial charge in [-0.3, -0.25) is 9.59 Å². The minimum atomic E-state index is -0.219. The molecule has 5 rings (SSSR count). The van der Waals surface area contributed by atoms with Gasteiger partial charge in [-0.1, -0.05) is 36.4 Å². The number of benzene rings is 2. The van der Waals surface area contributed by atoms with Crippen LogP contribution in [0.1, 0.15) is 37.2 Å². The summed E-state index contributed by atoms with van der Waals surface area (Å²) < 4.78 is 7.30. The van der Waals surface area contributed by atoms with E-state index in [1.807, 2.05) is 24.3 Å². The van der Waals surface area contributed by atoms with Crippen LogP contribution in [0, 0.1) is 5.92 Å². The summed E-state index contributed by atoms with van der Waals surface area (Å²) in [4.78, 5) is 36.0. The number of pyridine rings is 1. The molecule has 4 aromatic rings. The molecule has 1 saturated heterocycles. The molecular weight excluding hydrogens is 640 g/mol. The number of carbonyl (C=O) groups excluding carboxylic acids is 1. The molecule has 0 spiro atoms. The molecule has 0 radical (unpaired) electrons. The smallest absolute Gasteiger partial charge is 0.293 e. The first-order chi connectivity index (χ1) is 23.7. The van der Waals surface area contributed by atoms with Crippen molar-refractivity contribution in [3.63, 3.8) is 0 Å². The molecule has 1 atom stereocenters. The molecule has 11 nitrogen and oxygen atoms in total. The van der Waals surface area contributed by atoms with Crippen LogP contribution in [0.25, 0.3) is 10.9 Å². The Labute approximate surface area is 292 Å². The largest absolute Gasteiger partial charge is 0.482 e. The Morgan fingerprint density at radius 3 is 2.53 bits per heavy atom. The number of anilines is 4. The van der Waals surface area contributed by atoms with E-state index in [4.69, 9.17) is 21.3 Å². The lowest BCUT2D eigenvalue weighted by Gasteiger charge is -2.32. The van der Waals surface area contributed by atoms with E-state index in [2.05, 4.69) is 68.6 Å². The fourth-order valence-electron chi connectivity index (χ4n) is 5.89. The molecule has 1 fully saturated rings. The summed E-state index contributed by atoms with van der Waals surface area (Å²) in [6.45, 7) is 10.6. The van der Waals surface area contributed by atoms with Crippen molar-refractivity contribution in [3.05, 3.63) is 101 Å². The van der Waals surface area contributed by atoms with Gasteiger partial charge in [0.1, 0.15) is 11.6 Å². The van der Waals surface area contributed by atoms with Crippen LogP contribution in [-0.2, 0) is 11.8 Å². The number of allylic oxidation sites excluding steroid dienone is 1. The zero-order valence-corrected chi connectivity index (χ0v) is 29.1. The first-order valence-electron chi connectivity index (χ1n) is 16.5. The van der Waals surface area contributed by atoms with Gasteiger partial charge in [0.05, 0.1) is 11.7 Å². The van der Waals surface area contributed by atoms with Crippen LogP contribution in [-0.4, -0.2) is 60.8 Å². The third kappa shape index (κ3) is 8.91. The van der Waals surface area contributed by atoms with Crippen LogP contribution in [0.15, 0.2) is 84.5 Å². The Morgan fingerprint density at radius 2 is 1.84 bits per heavy atom. The van der Waals surface area contributed by atoms with Gasteiger partial charge < -0.3 is 35.5 Å². The van der Waals surface area contributed by atoms with Gasteiger partial charge in [0.15, 0.2) is 11.6 Å². The summed E-state index contributed by atoms with van der Waals surface area (Å²) in [5.74, 6) is 2.10. The van der Waals surface area contributed by atoms with Gasteiger partial charge in [0.25, 0.3) is 5.56 Å². The second-order valence-electron chi connectivity index (χ2n) is 12.3. The first-order valence-corrected chi connectivity index (χ1v) is 16.9. The third-order valence-corrected chi connectivity index (χ3v) is 9.29. The monoisotopic (exact) mass is 684 g/mol. The predicted octanol–water partition coefficient (Wildman–Crippen LogP) is 5.96. The lowest BCUT2D eigenvalue weighted by Crippen LogP contribution is -2.36. The number of amides is 1. The molecular formula is C37H45ClN8O3. The van der Waals surface area contributed by atoms with E-state index in [-0.39, 0.29) is 29.7 Å². The fraction of sp³-hybridized carbons (Fsp3) is 0.351. The molecule has 2 aromatic carbocycles. The molecule has 1 amide bonds. The Bertz CT molecular complexity index is 1850. The third-order valence-electron chi connectivity index (χ3n) is 9.02. The number of nitrogens with zero attached hydrogens (tertiary/aromatic N) is 4. The maximum atomic E-state index is 12.8. The first kappa shape index (κ1) is 35.3. The number of rotatable bonds is 15. The van der Waals surface area contributed by atoms with Crippen molar-refractivity contribution in [1.82, 2.24) is 25.2 Å². The van der Waals surface area contributed by atoms with Crippen LogP contribution < -0.4 is 36.5 Å². The molecule has 0 saturated carbocycles. The maximum absolute atomic E-state index is 12.8. The highest BCUT2D eigenvalue weighted by atomic mass is 35.5. The molecule has 1 aliphatic heterocycles. The Morgan fingerprint density at radius 1 is 1.10 bits per heavy atom. The van der Waals surface area contributed by atoms with Crippen molar-refractivity contribution in [3.8, 4) is 5.75 Å². The van der Waals surface area contributed by atoms with Crippen LogP contribution in [0.3, 0.4) is 0 Å². The maximum Gasteiger partial charge on any atom is 0.293 e. The van der Waals surface area contributed by atoms with Crippen LogP contribution in [0.5, 0.6) is 5.75 Å². The van der Waals surface area contributed by atoms with Gasteiger partial charge in [0, 0.05) is 75.6 Å². The molecule has 4 N–H and O–H groups in total. The molecule has 258 valence electrons. The van der Waals surface area contributed by atoms with E-state index in [1.165, 1.54) is 0 Å². The van der Waals surface area contributed by atoms with Crippen molar-refractivity contribution in [2.75, 3.05) is 55.9 Å². The Hall–Kier alpha value is -5.03. The number of nitrogens with one attached hydrogen (secondary N) is 4. The SMILES string of the molecule is C=CC(CCC(=O)NC)c1ccc(NCC2CCN(c3ncc(Cl)c(Nc4ccc5c(c4)cc(OCC(=C)NC)c(=O)n5C)n3)CC2)cc1. The van der Waals surface area contributed by atoms with Crippen LogP contribution in [0.2, 0.25) is 5.02 Å². The van der Waals surface area contributed by atoms with E-state index in [0.717, 1.165) is 66.7 Å². The standard InChI is InChI=1S/C37H45ClN8O3/c1-6-26(9-14-34(47)40-4)27-7-10-29(11-8-27)41-21-25-15-17-46(18-16-25)37-42-22-31(38)35(44-37)43-30-12-13-32-28(19-30)20-33(36(48)45(32)5)49-23-24(2)39-3/h6-8,10-13,19-20,22,25-26,39,41H,1-2,9,14-18,21,23H2,3-5H3,(H,40,47)(H,42,43,44). The molecule has 49 heavy (non-hydrogen) atoms. The normalized spacial score (nSPS) is 13.8. The summed E-state index contributed by atoms with van der Waals surface area (Å²) in [5.41, 5.74) is 4.23. The molecule has 0 bridgehead atoms. The quantitative estimate of drug-likeness (QED) is 0.112. The van der Waals surface area contributed by atoms with Crippen molar-refractivity contribution in [1.29, 1.82) is 0 Å². The van der Waals surface area contributed by atoms with Gasteiger partial charge >= 0.3 is 0 Å². The zero-order chi connectivity index (χ0) is 34.9. The topological polar surface area (TPSA) is 125 Å². The lowest BCUT2D eigenvalue weighted by molar-refractivity contribution is -0.120.